The van der Waals surface area contributed by atoms with Crippen LogP contribution in [0.5, 0.6) is 0 Å². The topological polar surface area (TPSA) is 51.0 Å². The Morgan fingerprint density at radius 2 is 2.29 bits per heavy atom. The van der Waals surface area contributed by atoms with Crippen LogP contribution < -0.4 is 5.32 Å². The van der Waals surface area contributed by atoms with Crippen LogP contribution in [-0.2, 0) is 11.3 Å². The molecule has 1 unspecified atom stereocenters. The van der Waals surface area contributed by atoms with E-state index in [1.54, 1.807) is 0 Å². The number of rotatable bonds is 4. The van der Waals surface area contributed by atoms with Gasteiger partial charge in [0.25, 0.3) is 0 Å². The minimum absolute atomic E-state index is 0.119. The lowest BCUT2D eigenvalue weighted by Crippen LogP contribution is -2.43. The lowest BCUT2D eigenvalue weighted by molar-refractivity contribution is 0.206. The highest BCUT2D eigenvalue weighted by molar-refractivity contribution is 7.99. The van der Waals surface area contributed by atoms with Crippen LogP contribution in [0.15, 0.2) is 4.52 Å². The maximum atomic E-state index is 5.40. The van der Waals surface area contributed by atoms with E-state index in [2.05, 4.69) is 36.2 Å². The van der Waals surface area contributed by atoms with Gasteiger partial charge in [-0.3, -0.25) is 0 Å². The fraction of sp³-hybridized carbons (Fsp3) is 0.833. The second-order valence-electron chi connectivity index (χ2n) is 5.09. The lowest BCUT2D eigenvalue weighted by atomic mass is 9.91. The summed E-state index contributed by atoms with van der Waals surface area (Å²) in [5.41, 5.74) is -0.119. The van der Waals surface area contributed by atoms with Gasteiger partial charge in [0.2, 0.25) is 5.89 Å². The summed E-state index contributed by atoms with van der Waals surface area (Å²) in [5, 5.41) is 8.15. The van der Waals surface area contributed by atoms with Crippen molar-refractivity contribution in [3.8, 4) is 0 Å². The third kappa shape index (κ3) is 3.22. The SMILES string of the molecule is CC(C)SCc1noc(C2(C)CCCCN2)n1. The van der Waals surface area contributed by atoms with Gasteiger partial charge in [-0.15, -0.1) is 0 Å². The average molecular weight is 255 g/mol. The highest BCUT2D eigenvalue weighted by Crippen LogP contribution is 2.29. The van der Waals surface area contributed by atoms with Crippen molar-refractivity contribution in [3.05, 3.63) is 11.7 Å². The van der Waals surface area contributed by atoms with Crippen molar-refractivity contribution in [2.75, 3.05) is 6.54 Å². The normalized spacial score (nSPS) is 25.4. The van der Waals surface area contributed by atoms with E-state index in [1.807, 2.05) is 11.8 Å². The number of nitrogens with one attached hydrogen (secondary N) is 1. The summed E-state index contributed by atoms with van der Waals surface area (Å²) in [6, 6.07) is 0. The molecule has 2 heterocycles. The molecule has 0 radical (unpaired) electrons. The van der Waals surface area contributed by atoms with Crippen molar-refractivity contribution in [2.45, 2.75) is 56.6 Å². The minimum atomic E-state index is -0.119. The smallest absolute Gasteiger partial charge is 0.246 e. The molecule has 5 heteroatoms. The molecule has 0 amide bonds. The second-order valence-corrected chi connectivity index (χ2v) is 6.66. The van der Waals surface area contributed by atoms with Crippen molar-refractivity contribution >= 4 is 11.8 Å². The van der Waals surface area contributed by atoms with Crippen molar-refractivity contribution in [1.29, 1.82) is 0 Å². The van der Waals surface area contributed by atoms with E-state index in [0.717, 1.165) is 30.4 Å². The van der Waals surface area contributed by atoms with Gasteiger partial charge in [-0.05, 0) is 38.0 Å². The average Bonchev–Trinajstić information content (AvgIpc) is 2.76. The summed E-state index contributed by atoms with van der Waals surface area (Å²) in [5.74, 6) is 2.39. The standard InChI is InChI=1S/C12H21N3OS/c1-9(2)17-8-10-14-11(16-15-10)12(3)6-4-5-7-13-12/h9,13H,4-8H2,1-3H3. The largest absolute Gasteiger partial charge is 0.337 e. The highest BCUT2D eigenvalue weighted by atomic mass is 32.2. The monoisotopic (exact) mass is 255 g/mol. The molecule has 1 atom stereocenters. The van der Waals surface area contributed by atoms with Crippen LogP contribution in [0.25, 0.3) is 0 Å². The van der Waals surface area contributed by atoms with Crippen LogP contribution in [0.1, 0.15) is 51.7 Å². The maximum absolute atomic E-state index is 5.40. The number of hydrogen-bond donors (Lipinski definition) is 1. The summed E-state index contributed by atoms with van der Waals surface area (Å²) in [7, 11) is 0. The molecule has 0 saturated carbocycles. The second kappa shape index (κ2) is 5.40. The minimum Gasteiger partial charge on any atom is -0.337 e. The molecule has 1 saturated heterocycles. The first kappa shape index (κ1) is 12.9. The first-order valence-electron chi connectivity index (χ1n) is 6.30. The van der Waals surface area contributed by atoms with Crippen LogP contribution in [0.3, 0.4) is 0 Å². The van der Waals surface area contributed by atoms with E-state index in [4.69, 9.17) is 4.52 Å². The molecule has 2 rings (SSSR count). The van der Waals surface area contributed by atoms with Gasteiger partial charge in [0, 0.05) is 0 Å². The van der Waals surface area contributed by atoms with E-state index >= 15 is 0 Å². The van der Waals surface area contributed by atoms with Gasteiger partial charge in [-0.2, -0.15) is 16.7 Å². The zero-order valence-electron chi connectivity index (χ0n) is 10.8. The Morgan fingerprint density at radius 1 is 1.47 bits per heavy atom. The van der Waals surface area contributed by atoms with Crippen molar-refractivity contribution in [1.82, 2.24) is 15.5 Å². The zero-order chi connectivity index (χ0) is 12.3. The van der Waals surface area contributed by atoms with E-state index in [-0.39, 0.29) is 5.54 Å². The lowest BCUT2D eigenvalue weighted by Gasteiger charge is -2.31. The van der Waals surface area contributed by atoms with Crippen LogP contribution in [-0.4, -0.2) is 21.9 Å². The Balaban J connectivity index is 2.01. The molecule has 4 nitrogen and oxygen atoms in total. The Labute approximate surface area is 107 Å². The van der Waals surface area contributed by atoms with Crippen molar-refractivity contribution < 1.29 is 4.52 Å². The number of thioether (sulfide) groups is 1. The van der Waals surface area contributed by atoms with Gasteiger partial charge < -0.3 is 9.84 Å². The maximum Gasteiger partial charge on any atom is 0.246 e. The number of nitrogens with zero attached hydrogens (tertiary/aromatic N) is 2. The number of piperidine rings is 1. The molecule has 1 aliphatic rings. The summed E-state index contributed by atoms with van der Waals surface area (Å²) >= 11 is 1.84. The molecule has 0 aliphatic carbocycles. The fourth-order valence-electron chi connectivity index (χ4n) is 2.02. The van der Waals surface area contributed by atoms with Gasteiger partial charge in [-0.25, -0.2) is 0 Å². The van der Waals surface area contributed by atoms with Crippen LogP contribution in [0, 0.1) is 0 Å². The molecular weight excluding hydrogens is 234 g/mol. The molecule has 96 valence electrons. The fourth-order valence-corrected chi connectivity index (χ4v) is 2.62. The number of aromatic nitrogens is 2. The highest BCUT2D eigenvalue weighted by Gasteiger charge is 2.33. The Morgan fingerprint density at radius 3 is 2.94 bits per heavy atom. The predicted molar refractivity (Wildman–Crippen MR) is 69.9 cm³/mol. The molecule has 17 heavy (non-hydrogen) atoms. The summed E-state index contributed by atoms with van der Waals surface area (Å²) in [6.07, 6.45) is 3.54. The summed E-state index contributed by atoms with van der Waals surface area (Å²) in [6.45, 7) is 7.54. The summed E-state index contributed by atoms with van der Waals surface area (Å²) in [4.78, 5) is 4.52. The van der Waals surface area contributed by atoms with Crippen molar-refractivity contribution in [3.63, 3.8) is 0 Å². The van der Waals surface area contributed by atoms with E-state index in [9.17, 15) is 0 Å². The third-order valence-corrected chi connectivity index (χ3v) is 4.20. The van der Waals surface area contributed by atoms with Gasteiger partial charge >= 0.3 is 0 Å². The molecule has 0 spiro atoms. The van der Waals surface area contributed by atoms with Crippen LogP contribution in [0.2, 0.25) is 0 Å². The van der Waals surface area contributed by atoms with E-state index < -0.39 is 0 Å². The Bertz CT molecular complexity index is 358. The van der Waals surface area contributed by atoms with Gasteiger partial charge in [0.05, 0.1) is 11.3 Å². The molecule has 1 aromatic rings. The molecule has 1 aliphatic heterocycles. The quantitative estimate of drug-likeness (QED) is 0.896. The van der Waals surface area contributed by atoms with E-state index in [1.165, 1.54) is 12.8 Å². The predicted octanol–water partition coefficient (Wildman–Crippen LogP) is 2.70. The first-order valence-corrected chi connectivity index (χ1v) is 7.35. The third-order valence-electron chi connectivity index (χ3n) is 3.10. The molecule has 0 aromatic carbocycles. The van der Waals surface area contributed by atoms with Crippen LogP contribution >= 0.6 is 11.8 Å². The Kier molecular flexibility index (Phi) is 4.09. The molecule has 1 fully saturated rings. The van der Waals surface area contributed by atoms with Gasteiger partial charge in [-0.1, -0.05) is 19.0 Å². The summed E-state index contributed by atoms with van der Waals surface area (Å²) < 4.78 is 5.40. The first-order chi connectivity index (χ1) is 8.10. The molecule has 0 bridgehead atoms. The van der Waals surface area contributed by atoms with Gasteiger partial charge in [0.1, 0.15) is 0 Å². The molecule has 1 aromatic heterocycles. The molecular formula is C12H21N3OS. The van der Waals surface area contributed by atoms with Crippen LogP contribution in [0.4, 0.5) is 0 Å². The van der Waals surface area contributed by atoms with Gasteiger partial charge in [0.15, 0.2) is 5.82 Å². The van der Waals surface area contributed by atoms with E-state index in [0.29, 0.717) is 5.25 Å². The molecule has 1 N–H and O–H groups in total. The Hall–Kier alpha value is -0.550. The zero-order valence-corrected chi connectivity index (χ0v) is 11.6. The number of hydrogen-bond acceptors (Lipinski definition) is 5. The van der Waals surface area contributed by atoms with Crippen molar-refractivity contribution in [2.24, 2.45) is 0 Å².